The molecule has 0 saturated heterocycles. The molecule has 5 nitrogen and oxygen atoms in total. The van der Waals surface area contributed by atoms with Crippen molar-refractivity contribution in [2.24, 2.45) is 0 Å². The van der Waals surface area contributed by atoms with E-state index in [9.17, 15) is 9.59 Å². The fourth-order valence-electron chi connectivity index (χ4n) is 0.726. The molecule has 0 fully saturated rings. The number of benzene rings is 1. The highest BCUT2D eigenvalue weighted by Crippen LogP contribution is 1.95. The van der Waals surface area contributed by atoms with Crippen molar-refractivity contribution in [3.05, 3.63) is 48.0 Å². The summed E-state index contributed by atoms with van der Waals surface area (Å²) >= 11 is 0. The van der Waals surface area contributed by atoms with Crippen LogP contribution in [0.3, 0.4) is 0 Å². The Morgan fingerprint density at radius 2 is 1.44 bits per heavy atom. The molecule has 0 aliphatic rings. The van der Waals surface area contributed by atoms with Crippen LogP contribution >= 0.6 is 0 Å². The minimum Gasteiger partial charge on any atom is -0.478 e. The molecule has 0 spiro atoms. The van der Waals surface area contributed by atoms with Crippen LogP contribution in [0, 0.1) is 0 Å². The summed E-state index contributed by atoms with van der Waals surface area (Å²) in [5.41, 5.74) is 0.965. The third-order valence-corrected chi connectivity index (χ3v) is 1.39. The molecule has 86 valence electrons. The number of carboxylic acid groups (broad SMARTS) is 2. The van der Waals surface area contributed by atoms with Gasteiger partial charge in [-0.3, -0.25) is 0 Å². The first-order chi connectivity index (χ1) is 7.56. The van der Waals surface area contributed by atoms with Crippen molar-refractivity contribution in [2.45, 2.75) is 6.61 Å². The minimum absolute atomic E-state index is 0.140. The Morgan fingerprint density at radius 1 is 1.00 bits per heavy atom. The van der Waals surface area contributed by atoms with Crippen LogP contribution in [0.15, 0.2) is 42.5 Å². The van der Waals surface area contributed by atoms with E-state index in [0.717, 1.165) is 5.56 Å². The maximum absolute atomic E-state index is 9.55. The van der Waals surface area contributed by atoms with Crippen molar-refractivity contribution >= 4 is 11.9 Å². The zero-order valence-corrected chi connectivity index (χ0v) is 8.41. The Balaban J connectivity index is 0.000000281. The van der Waals surface area contributed by atoms with E-state index in [-0.39, 0.29) is 6.61 Å². The number of aliphatic hydroxyl groups excluding tert-OH is 1. The summed E-state index contributed by atoms with van der Waals surface area (Å²) in [6.07, 6.45) is 1.12. The Hall–Kier alpha value is -2.14. The Morgan fingerprint density at radius 3 is 1.69 bits per heavy atom. The lowest BCUT2D eigenvalue weighted by Gasteiger charge is -1.89. The van der Waals surface area contributed by atoms with Crippen molar-refractivity contribution in [2.75, 3.05) is 0 Å². The van der Waals surface area contributed by atoms with E-state index in [2.05, 4.69) is 0 Å². The van der Waals surface area contributed by atoms with Gasteiger partial charge < -0.3 is 15.3 Å². The molecule has 0 aliphatic heterocycles. The Labute approximate surface area is 92.3 Å². The predicted molar refractivity (Wildman–Crippen MR) is 56.8 cm³/mol. The molecule has 0 heterocycles. The van der Waals surface area contributed by atoms with E-state index in [1.807, 2.05) is 30.3 Å². The number of carbonyl (C=O) groups is 2. The average molecular weight is 224 g/mol. The van der Waals surface area contributed by atoms with Gasteiger partial charge >= 0.3 is 11.9 Å². The quantitative estimate of drug-likeness (QED) is 0.663. The lowest BCUT2D eigenvalue weighted by molar-refractivity contribution is -0.134. The highest BCUT2D eigenvalue weighted by molar-refractivity contribution is 5.89. The maximum atomic E-state index is 9.55. The van der Waals surface area contributed by atoms with Gasteiger partial charge in [0.05, 0.1) is 6.61 Å². The second-order valence-corrected chi connectivity index (χ2v) is 2.65. The lowest BCUT2D eigenvalue weighted by Crippen LogP contribution is -1.91. The summed E-state index contributed by atoms with van der Waals surface area (Å²) in [5, 5.41) is 24.2. The molecule has 0 unspecified atom stereocenters. The SMILES string of the molecule is O=C(O)/C=C/C(=O)O.OCc1ccccc1. The van der Waals surface area contributed by atoms with Gasteiger partial charge in [0.2, 0.25) is 0 Å². The van der Waals surface area contributed by atoms with Crippen LogP contribution in [0.1, 0.15) is 5.56 Å². The van der Waals surface area contributed by atoms with E-state index in [4.69, 9.17) is 15.3 Å². The largest absolute Gasteiger partial charge is 0.478 e. The number of aliphatic carboxylic acids is 2. The molecule has 0 amide bonds. The zero-order valence-electron chi connectivity index (χ0n) is 8.41. The van der Waals surface area contributed by atoms with Gasteiger partial charge in [0.25, 0.3) is 0 Å². The monoisotopic (exact) mass is 224 g/mol. The second kappa shape index (κ2) is 8.19. The highest BCUT2D eigenvalue weighted by Gasteiger charge is 1.88. The van der Waals surface area contributed by atoms with Crippen molar-refractivity contribution in [1.29, 1.82) is 0 Å². The van der Waals surface area contributed by atoms with E-state index in [0.29, 0.717) is 12.2 Å². The van der Waals surface area contributed by atoms with Crippen molar-refractivity contribution < 1.29 is 24.9 Å². The van der Waals surface area contributed by atoms with Gasteiger partial charge in [-0.1, -0.05) is 30.3 Å². The molecular formula is C11H12O5. The van der Waals surface area contributed by atoms with E-state index in [1.165, 1.54) is 0 Å². The fraction of sp³-hybridized carbons (Fsp3) is 0.0909. The molecule has 0 radical (unpaired) electrons. The third-order valence-electron chi connectivity index (χ3n) is 1.39. The molecule has 0 atom stereocenters. The summed E-state index contributed by atoms with van der Waals surface area (Å²) in [5.74, 6) is -2.51. The fourth-order valence-corrected chi connectivity index (χ4v) is 0.726. The zero-order chi connectivity index (χ0) is 12.4. The maximum Gasteiger partial charge on any atom is 0.328 e. The molecule has 0 aromatic heterocycles. The Bertz CT molecular complexity index is 340. The molecular weight excluding hydrogens is 212 g/mol. The minimum atomic E-state index is -1.26. The van der Waals surface area contributed by atoms with E-state index >= 15 is 0 Å². The van der Waals surface area contributed by atoms with Crippen LogP contribution in [-0.4, -0.2) is 27.3 Å². The number of aliphatic hydroxyl groups is 1. The summed E-state index contributed by atoms with van der Waals surface area (Å²) in [7, 11) is 0. The van der Waals surface area contributed by atoms with Gasteiger partial charge in [-0.2, -0.15) is 0 Å². The molecule has 0 bridgehead atoms. The van der Waals surface area contributed by atoms with Crippen molar-refractivity contribution in [1.82, 2.24) is 0 Å². The van der Waals surface area contributed by atoms with Crippen molar-refractivity contribution in [3.63, 3.8) is 0 Å². The lowest BCUT2D eigenvalue weighted by atomic mass is 10.2. The smallest absolute Gasteiger partial charge is 0.328 e. The van der Waals surface area contributed by atoms with Crippen LogP contribution in [0.2, 0.25) is 0 Å². The number of hydrogen-bond donors (Lipinski definition) is 3. The summed E-state index contributed by atoms with van der Waals surface area (Å²) in [4.78, 5) is 19.1. The van der Waals surface area contributed by atoms with Crippen LogP contribution in [-0.2, 0) is 16.2 Å². The predicted octanol–water partition coefficient (Wildman–Crippen LogP) is 0.891. The van der Waals surface area contributed by atoms with Crippen LogP contribution < -0.4 is 0 Å². The van der Waals surface area contributed by atoms with Crippen molar-refractivity contribution in [3.8, 4) is 0 Å². The number of hydrogen-bond acceptors (Lipinski definition) is 3. The van der Waals surface area contributed by atoms with Gasteiger partial charge in [-0.05, 0) is 5.56 Å². The number of carboxylic acids is 2. The number of rotatable bonds is 3. The topological polar surface area (TPSA) is 94.8 Å². The molecule has 0 saturated carbocycles. The van der Waals surface area contributed by atoms with Crippen LogP contribution in [0.4, 0.5) is 0 Å². The average Bonchev–Trinajstić information content (AvgIpc) is 2.28. The highest BCUT2D eigenvalue weighted by atomic mass is 16.4. The van der Waals surface area contributed by atoms with Gasteiger partial charge in [-0.15, -0.1) is 0 Å². The first-order valence-electron chi connectivity index (χ1n) is 4.35. The van der Waals surface area contributed by atoms with Crippen LogP contribution in [0.5, 0.6) is 0 Å². The molecule has 3 N–H and O–H groups in total. The molecule has 1 aromatic carbocycles. The van der Waals surface area contributed by atoms with Gasteiger partial charge in [0, 0.05) is 12.2 Å². The van der Waals surface area contributed by atoms with Gasteiger partial charge in [0.15, 0.2) is 0 Å². The van der Waals surface area contributed by atoms with Crippen LogP contribution in [0.25, 0.3) is 0 Å². The first-order valence-corrected chi connectivity index (χ1v) is 4.35. The Kier molecular flexibility index (Phi) is 7.10. The molecule has 1 aromatic rings. The standard InChI is InChI=1S/C7H8O.C4H4O4/c8-6-7-4-2-1-3-5-7;5-3(6)1-2-4(7)8/h1-5,8H,6H2;1-2H,(H,5,6)(H,7,8)/b;2-1+. The van der Waals surface area contributed by atoms with E-state index in [1.54, 1.807) is 0 Å². The third kappa shape index (κ3) is 8.46. The first kappa shape index (κ1) is 13.9. The van der Waals surface area contributed by atoms with E-state index < -0.39 is 11.9 Å². The molecule has 0 aliphatic carbocycles. The molecule has 16 heavy (non-hydrogen) atoms. The van der Waals surface area contributed by atoms with Gasteiger partial charge in [-0.25, -0.2) is 9.59 Å². The molecule has 1 rings (SSSR count). The normalized spacial score (nSPS) is 9.31. The van der Waals surface area contributed by atoms with Gasteiger partial charge in [0.1, 0.15) is 0 Å². The summed E-state index contributed by atoms with van der Waals surface area (Å²) in [6, 6.07) is 9.52. The molecule has 5 heteroatoms. The summed E-state index contributed by atoms with van der Waals surface area (Å²) < 4.78 is 0. The summed E-state index contributed by atoms with van der Waals surface area (Å²) in [6.45, 7) is 0.140. The second-order valence-electron chi connectivity index (χ2n) is 2.65.